The van der Waals surface area contributed by atoms with Crippen LogP contribution in [0.5, 0.6) is 5.75 Å². The van der Waals surface area contributed by atoms with E-state index < -0.39 is 0 Å². The van der Waals surface area contributed by atoms with Gasteiger partial charge in [-0.15, -0.1) is 0 Å². The number of halogens is 1. The Bertz CT molecular complexity index is 452. The first-order valence-corrected chi connectivity index (χ1v) is 7.54. The molecule has 0 unspecified atom stereocenters. The third-order valence-electron chi connectivity index (χ3n) is 2.75. The number of hydrogen-bond acceptors (Lipinski definition) is 4. The van der Waals surface area contributed by atoms with Crippen molar-refractivity contribution in [3.8, 4) is 5.75 Å². The average Bonchev–Trinajstić information content (AvgIpc) is 2.29. The van der Waals surface area contributed by atoms with Gasteiger partial charge in [-0.25, -0.2) is 0 Å². The quantitative estimate of drug-likeness (QED) is 0.821. The number of amides is 1. The molecule has 104 valence electrons. The molecule has 1 N–H and O–H groups in total. The summed E-state index contributed by atoms with van der Waals surface area (Å²) in [5, 5.41) is 3.35. The Hall–Kier alpha value is -0.910. The number of carbonyl (C=O) groups is 1. The highest BCUT2D eigenvalue weighted by Gasteiger charge is 2.25. The van der Waals surface area contributed by atoms with E-state index in [9.17, 15) is 4.79 Å². The molecule has 1 amide bonds. The third kappa shape index (κ3) is 4.03. The van der Waals surface area contributed by atoms with Crippen LogP contribution >= 0.6 is 23.4 Å². The van der Waals surface area contributed by atoms with E-state index in [-0.39, 0.29) is 11.8 Å². The van der Waals surface area contributed by atoms with Gasteiger partial charge in [-0.2, -0.15) is 11.8 Å². The van der Waals surface area contributed by atoms with Gasteiger partial charge in [0.05, 0.1) is 17.5 Å². The molecule has 0 aliphatic carbocycles. The molecule has 6 heteroatoms. The second kappa shape index (κ2) is 7.03. The number of hydrogen-bond donors (Lipinski definition) is 1. The molecular formula is C13H16ClNO3S. The van der Waals surface area contributed by atoms with Crippen LogP contribution in [0.2, 0.25) is 5.02 Å². The molecule has 2 rings (SSSR count). The fourth-order valence-electron chi connectivity index (χ4n) is 1.56. The van der Waals surface area contributed by atoms with E-state index in [1.807, 2.05) is 0 Å². The minimum Gasteiger partial charge on any atom is -0.490 e. The van der Waals surface area contributed by atoms with E-state index in [0.29, 0.717) is 29.7 Å². The highest BCUT2D eigenvalue weighted by atomic mass is 35.5. The fourth-order valence-corrected chi connectivity index (χ4v) is 2.57. The molecule has 0 bridgehead atoms. The number of ether oxygens (including phenoxy) is 2. The number of methoxy groups -OCH3 is 1. The van der Waals surface area contributed by atoms with Crippen molar-refractivity contribution in [1.82, 2.24) is 0 Å². The molecule has 1 aliphatic rings. The summed E-state index contributed by atoms with van der Waals surface area (Å²) >= 11 is 7.88. The van der Waals surface area contributed by atoms with Crippen LogP contribution in [0, 0.1) is 5.92 Å². The van der Waals surface area contributed by atoms with Crippen molar-refractivity contribution >= 4 is 35.0 Å². The summed E-state index contributed by atoms with van der Waals surface area (Å²) in [5.41, 5.74) is 0.700. The van der Waals surface area contributed by atoms with Gasteiger partial charge < -0.3 is 14.8 Å². The Balaban J connectivity index is 1.91. The number of anilines is 1. The minimum atomic E-state index is 0.0582. The van der Waals surface area contributed by atoms with Crippen LogP contribution in [0.3, 0.4) is 0 Å². The molecule has 0 spiro atoms. The van der Waals surface area contributed by atoms with Crippen molar-refractivity contribution in [2.24, 2.45) is 5.92 Å². The predicted molar refractivity (Wildman–Crippen MR) is 78.3 cm³/mol. The van der Waals surface area contributed by atoms with E-state index >= 15 is 0 Å². The number of benzene rings is 1. The summed E-state index contributed by atoms with van der Waals surface area (Å²) in [4.78, 5) is 11.8. The first-order valence-electron chi connectivity index (χ1n) is 6.00. The van der Waals surface area contributed by atoms with Gasteiger partial charge in [-0.05, 0) is 18.2 Å². The zero-order valence-corrected chi connectivity index (χ0v) is 12.2. The van der Waals surface area contributed by atoms with Crippen molar-refractivity contribution in [3.63, 3.8) is 0 Å². The van der Waals surface area contributed by atoms with E-state index in [0.717, 1.165) is 11.5 Å². The van der Waals surface area contributed by atoms with Gasteiger partial charge in [0.25, 0.3) is 0 Å². The maximum atomic E-state index is 11.8. The van der Waals surface area contributed by atoms with Crippen molar-refractivity contribution in [2.45, 2.75) is 0 Å². The van der Waals surface area contributed by atoms with Crippen LogP contribution in [0.1, 0.15) is 0 Å². The second-order valence-corrected chi connectivity index (χ2v) is 5.69. The molecule has 1 fully saturated rings. The monoisotopic (exact) mass is 301 g/mol. The zero-order valence-electron chi connectivity index (χ0n) is 10.6. The van der Waals surface area contributed by atoms with Crippen molar-refractivity contribution in [1.29, 1.82) is 0 Å². The highest BCUT2D eigenvalue weighted by molar-refractivity contribution is 8.00. The highest BCUT2D eigenvalue weighted by Crippen LogP contribution is 2.29. The van der Waals surface area contributed by atoms with Gasteiger partial charge >= 0.3 is 0 Å². The molecule has 1 heterocycles. The number of thioether (sulfide) groups is 1. The summed E-state index contributed by atoms with van der Waals surface area (Å²) in [6.07, 6.45) is 0. The molecule has 1 aromatic rings. The van der Waals surface area contributed by atoms with Crippen molar-refractivity contribution in [3.05, 3.63) is 23.2 Å². The van der Waals surface area contributed by atoms with Crippen LogP contribution in [-0.2, 0) is 9.53 Å². The van der Waals surface area contributed by atoms with Crippen LogP contribution in [0.15, 0.2) is 18.2 Å². The Kier molecular flexibility index (Phi) is 5.36. The molecule has 0 atom stereocenters. The molecule has 1 aliphatic heterocycles. The van der Waals surface area contributed by atoms with E-state index in [1.165, 1.54) is 0 Å². The fraction of sp³-hybridized carbons (Fsp3) is 0.462. The molecule has 4 nitrogen and oxygen atoms in total. The predicted octanol–water partition coefficient (Wildman–Crippen LogP) is 2.67. The molecule has 1 aromatic carbocycles. The van der Waals surface area contributed by atoms with Gasteiger partial charge in [-0.3, -0.25) is 4.79 Å². The summed E-state index contributed by atoms with van der Waals surface area (Å²) in [6, 6.07) is 5.24. The summed E-state index contributed by atoms with van der Waals surface area (Å²) < 4.78 is 10.3. The standard InChI is InChI=1S/C13H16ClNO3S/c1-17-4-5-18-12-3-2-10(6-11(12)14)15-13(16)9-7-19-8-9/h2-3,6,9H,4-5,7-8H2,1H3,(H,15,16). The van der Waals surface area contributed by atoms with Gasteiger partial charge in [0.1, 0.15) is 12.4 Å². The normalized spacial score (nSPS) is 14.8. The van der Waals surface area contributed by atoms with E-state index in [4.69, 9.17) is 21.1 Å². The average molecular weight is 302 g/mol. The Morgan fingerprint density at radius 2 is 2.26 bits per heavy atom. The summed E-state index contributed by atoms with van der Waals surface area (Å²) in [5.74, 6) is 2.58. The smallest absolute Gasteiger partial charge is 0.229 e. The van der Waals surface area contributed by atoms with Gasteiger partial charge in [0.2, 0.25) is 5.91 Å². The Morgan fingerprint density at radius 1 is 1.47 bits per heavy atom. The van der Waals surface area contributed by atoms with Gasteiger partial charge in [0.15, 0.2) is 0 Å². The van der Waals surface area contributed by atoms with E-state index in [2.05, 4.69) is 5.32 Å². The largest absolute Gasteiger partial charge is 0.490 e. The third-order valence-corrected chi connectivity index (χ3v) is 4.32. The lowest BCUT2D eigenvalue weighted by Gasteiger charge is -2.23. The zero-order chi connectivity index (χ0) is 13.7. The Labute approximate surface area is 121 Å². The lowest BCUT2D eigenvalue weighted by Crippen LogP contribution is -2.32. The molecule has 1 saturated heterocycles. The van der Waals surface area contributed by atoms with Crippen molar-refractivity contribution in [2.75, 3.05) is 37.1 Å². The lowest BCUT2D eigenvalue weighted by molar-refractivity contribution is -0.118. The number of carbonyl (C=O) groups excluding carboxylic acids is 1. The van der Waals surface area contributed by atoms with Crippen LogP contribution < -0.4 is 10.1 Å². The molecule has 0 saturated carbocycles. The molecular weight excluding hydrogens is 286 g/mol. The lowest BCUT2D eigenvalue weighted by atomic mass is 10.2. The number of nitrogens with one attached hydrogen (secondary N) is 1. The van der Waals surface area contributed by atoms with Crippen LogP contribution in [0.4, 0.5) is 5.69 Å². The minimum absolute atomic E-state index is 0.0582. The molecule has 0 aromatic heterocycles. The first-order chi connectivity index (χ1) is 9.20. The van der Waals surface area contributed by atoms with E-state index in [1.54, 1.807) is 37.1 Å². The second-order valence-electron chi connectivity index (χ2n) is 4.21. The summed E-state index contributed by atoms with van der Waals surface area (Å²) in [6.45, 7) is 0.954. The SMILES string of the molecule is COCCOc1ccc(NC(=O)C2CSC2)cc1Cl. The van der Waals surface area contributed by atoms with Crippen LogP contribution in [-0.4, -0.2) is 37.7 Å². The van der Waals surface area contributed by atoms with Gasteiger partial charge in [0, 0.05) is 24.3 Å². The molecule has 0 radical (unpaired) electrons. The Morgan fingerprint density at radius 3 is 2.84 bits per heavy atom. The maximum absolute atomic E-state index is 11.8. The van der Waals surface area contributed by atoms with Crippen LogP contribution in [0.25, 0.3) is 0 Å². The molecule has 19 heavy (non-hydrogen) atoms. The maximum Gasteiger partial charge on any atom is 0.229 e. The first kappa shape index (κ1) is 14.5. The van der Waals surface area contributed by atoms with Crippen molar-refractivity contribution < 1.29 is 14.3 Å². The summed E-state index contributed by atoms with van der Waals surface area (Å²) in [7, 11) is 1.61. The number of rotatable bonds is 6. The topological polar surface area (TPSA) is 47.6 Å². The van der Waals surface area contributed by atoms with Gasteiger partial charge in [-0.1, -0.05) is 11.6 Å².